The van der Waals surface area contributed by atoms with Gasteiger partial charge in [0, 0.05) is 17.9 Å². The van der Waals surface area contributed by atoms with Crippen molar-refractivity contribution in [3.63, 3.8) is 0 Å². The molecule has 2 N–H and O–H groups in total. The molecule has 0 bridgehead atoms. The fraction of sp³-hybridized carbons (Fsp3) is 0.615. The third-order valence-corrected chi connectivity index (χ3v) is 3.23. The molecule has 0 aliphatic carbocycles. The second-order valence-electron chi connectivity index (χ2n) is 4.39. The van der Waals surface area contributed by atoms with Gasteiger partial charge in [0.2, 0.25) is 0 Å². The molecule has 1 unspecified atom stereocenters. The molecule has 3 nitrogen and oxygen atoms in total. The van der Waals surface area contributed by atoms with Crippen molar-refractivity contribution >= 4 is 5.91 Å². The van der Waals surface area contributed by atoms with Crippen molar-refractivity contribution in [2.75, 3.05) is 0 Å². The summed E-state index contributed by atoms with van der Waals surface area (Å²) in [5.74, 6) is 0.148. The zero-order valence-corrected chi connectivity index (χ0v) is 10.7. The number of rotatable bonds is 5. The lowest BCUT2D eigenvalue weighted by atomic mass is 10.0. The monoisotopic (exact) mass is 222 g/mol. The SMILES string of the molecule is CCCn1c(C(C)CC)cc(C(N)=O)c1C. The molecule has 1 aromatic rings. The summed E-state index contributed by atoms with van der Waals surface area (Å²) in [6.45, 7) is 9.42. The van der Waals surface area contributed by atoms with E-state index in [4.69, 9.17) is 5.73 Å². The Morgan fingerprint density at radius 2 is 2.12 bits per heavy atom. The van der Waals surface area contributed by atoms with Gasteiger partial charge < -0.3 is 10.3 Å². The summed E-state index contributed by atoms with van der Waals surface area (Å²) in [7, 11) is 0. The van der Waals surface area contributed by atoms with Gasteiger partial charge in [0.15, 0.2) is 0 Å². The normalized spacial score (nSPS) is 12.8. The summed E-state index contributed by atoms with van der Waals surface area (Å²) >= 11 is 0. The van der Waals surface area contributed by atoms with Gasteiger partial charge in [0.25, 0.3) is 5.91 Å². The van der Waals surface area contributed by atoms with Crippen LogP contribution in [-0.2, 0) is 6.54 Å². The van der Waals surface area contributed by atoms with Gasteiger partial charge in [-0.2, -0.15) is 0 Å². The van der Waals surface area contributed by atoms with Gasteiger partial charge in [-0.1, -0.05) is 20.8 Å². The molecule has 0 aliphatic heterocycles. The van der Waals surface area contributed by atoms with Crippen LogP contribution in [0.4, 0.5) is 0 Å². The second kappa shape index (κ2) is 5.19. The average molecular weight is 222 g/mol. The van der Waals surface area contributed by atoms with Crippen LogP contribution >= 0.6 is 0 Å². The fourth-order valence-corrected chi connectivity index (χ4v) is 2.06. The molecule has 3 heteroatoms. The molecule has 0 saturated carbocycles. The minimum atomic E-state index is -0.322. The van der Waals surface area contributed by atoms with E-state index >= 15 is 0 Å². The van der Waals surface area contributed by atoms with E-state index in [2.05, 4.69) is 25.3 Å². The number of aromatic nitrogens is 1. The maximum absolute atomic E-state index is 11.3. The largest absolute Gasteiger partial charge is 0.366 e. The summed E-state index contributed by atoms with van der Waals surface area (Å²) < 4.78 is 2.23. The summed E-state index contributed by atoms with van der Waals surface area (Å²) in [5, 5.41) is 0. The number of carbonyl (C=O) groups is 1. The Bertz CT molecular complexity index is 380. The Hall–Kier alpha value is -1.25. The molecule has 0 fully saturated rings. The topological polar surface area (TPSA) is 48.0 Å². The first kappa shape index (κ1) is 12.8. The van der Waals surface area contributed by atoms with Gasteiger partial charge in [-0.3, -0.25) is 4.79 Å². The molecule has 0 saturated heterocycles. The van der Waals surface area contributed by atoms with Crippen molar-refractivity contribution in [1.82, 2.24) is 4.57 Å². The predicted octanol–water partition coefficient (Wildman–Crippen LogP) is 2.82. The zero-order chi connectivity index (χ0) is 12.3. The zero-order valence-electron chi connectivity index (χ0n) is 10.7. The first-order valence-electron chi connectivity index (χ1n) is 6.02. The number of primary amides is 1. The van der Waals surface area contributed by atoms with E-state index in [1.54, 1.807) is 0 Å². The predicted molar refractivity (Wildman–Crippen MR) is 66.7 cm³/mol. The van der Waals surface area contributed by atoms with Crippen molar-refractivity contribution in [2.45, 2.75) is 53.0 Å². The molecule has 1 rings (SSSR count). The standard InChI is InChI=1S/C13H22N2O/c1-5-7-15-10(4)11(13(14)16)8-12(15)9(3)6-2/h8-9H,5-7H2,1-4H3,(H2,14,16). The van der Waals surface area contributed by atoms with Crippen LogP contribution in [0.1, 0.15) is 61.3 Å². The van der Waals surface area contributed by atoms with Crippen LogP contribution in [0.3, 0.4) is 0 Å². The minimum Gasteiger partial charge on any atom is -0.366 e. The van der Waals surface area contributed by atoms with Crippen LogP contribution in [0.25, 0.3) is 0 Å². The van der Waals surface area contributed by atoms with Crippen molar-refractivity contribution in [3.05, 3.63) is 23.0 Å². The number of hydrogen-bond donors (Lipinski definition) is 1. The van der Waals surface area contributed by atoms with Crippen LogP contribution in [-0.4, -0.2) is 10.5 Å². The maximum Gasteiger partial charge on any atom is 0.250 e. The van der Waals surface area contributed by atoms with Crippen molar-refractivity contribution in [1.29, 1.82) is 0 Å². The second-order valence-corrected chi connectivity index (χ2v) is 4.39. The lowest BCUT2D eigenvalue weighted by molar-refractivity contribution is 0.0999. The maximum atomic E-state index is 11.3. The van der Waals surface area contributed by atoms with Crippen molar-refractivity contribution in [3.8, 4) is 0 Å². The van der Waals surface area contributed by atoms with E-state index in [1.165, 1.54) is 5.69 Å². The highest BCUT2D eigenvalue weighted by molar-refractivity contribution is 5.94. The van der Waals surface area contributed by atoms with Crippen LogP contribution in [0.15, 0.2) is 6.07 Å². The number of nitrogens with zero attached hydrogens (tertiary/aromatic N) is 1. The van der Waals surface area contributed by atoms with E-state index in [1.807, 2.05) is 13.0 Å². The number of amides is 1. The van der Waals surface area contributed by atoms with Gasteiger partial charge >= 0.3 is 0 Å². The summed E-state index contributed by atoms with van der Waals surface area (Å²) in [6.07, 6.45) is 2.14. The van der Waals surface area contributed by atoms with Gasteiger partial charge in [-0.05, 0) is 31.7 Å². The molecule has 0 aromatic carbocycles. The van der Waals surface area contributed by atoms with Crippen molar-refractivity contribution in [2.24, 2.45) is 5.73 Å². The molecule has 90 valence electrons. The molecule has 1 amide bonds. The van der Waals surface area contributed by atoms with Crippen LogP contribution in [0.2, 0.25) is 0 Å². The van der Waals surface area contributed by atoms with Gasteiger partial charge in [-0.25, -0.2) is 0 Å². The molecule has 0 aliphatic rings. The van der Waals surface area contributed by atoms with Gasteiger partial charge in [0.05, 0.1) is 5.56 Å². The van der Waals surface area contributed by atoms with E-state index in [0.29, 0.717) is 11.5 Å². The van der Waals surface area contributed by atoms with Crippen molar-refractivity contribution < 1.29 is 4.79 Å². The van der Waals surface area contributed by atoms with E-state index in [9.17, 15) is 4.79 Å². The van der Waals surface area contributed by atoms with E-state index < -0.39 is 0 Å². The Morgan fingerprint density at radius 3 is 2.56 bits per heavy atom. The highest BCUT2D eigenvalue weighted by Crippen LogP contribution is 2.25. The van der Waals surface area contributed by atoms with E-state index in [0.717, 1.165) is 25.1 Å². The number of carbonyl (C=O) groups excluding carboxylic acids is 1. The first-order chi connectivity index (χ1) is 7.52. The van der Waals surface area contributed by atoms with Gasteiger partial charge in [0.1, 0.15) is 0 Å². The van der Waals surface area contributed by atoms with Gasteiger partial charge in [-0.15, -0.1) is 0 Å². The molecule has 0 spiro atoms. The molecule has 1 heterocycles. The lowest BCUT2D eigenvalue weighted by Gasteiger charge is -2.14. The smallest absolute Gasteiger partial charge is 0.250 e. The highest BCUT2D eigenvalue weighted by Gasteiger charge is 2.17. The van der Waals surface area contributed by atoms with Crippen LogP contribution < -0.4 is 5.73 Å². The number of hydrogen-bond acceptors (Lipinski definition) is 1. The summed E-state index contributed by atoms with van der Waals surface area (Å²) in [5.41, 5.74) is 8.29. The Labute approximate surface area is 97.6 Å². The highest BCUT2D eigenvalue weighted by atomic mass is 16.1. The molecular weight excluding hydrogens is 200 g/mol. The molecule has 0 radical (unpaired) electrons. The first-order valence-corrected chi connectivity index (χ1v) is 6.02. The lowest BCUT2D eigenvalue weighted by Crippen LogP contribution is -2.12. The molecule has 1 atom stereocenters. The molecule has 16 heavy (non-hydrogen) atoms. The quantitative estimate of drug-likeness (QED) is 0.818. The van der Waals surface area contributed by atoms with Crippen LogP contribution in [0, 0.1) is 6.92 Å². The Morgan fingerprint density at radius 1 is 1.50 bits per heavy atom. The number of nitrogens with two attached hydrogens (primary N) is 1. The average Bonchev–Trinajstić information content (AvgIpc) is 2.57. The third kappa shape index (κ3) is 2.29. The van der Waals surface area contributed by atoms with Crippen LogP contribution in [0.5, 0.6) is 0 Å². The molecular formula is C13H22N2O. The molecule has 1 aromatic heterocycles. The third-order valence-electron chi connectivity index (χ3n) is 3.23. The fourth-order valence-electron chi connectivity index (χ4n) is 2.06. The summed E-state index contributed by atoms with van der Waals surface area (Å²) in [4.78, 5) is 11.3. The summed E-state index contributed by atoms with van der Waals surface area (Å²) in [6, 6.07) is 1.96. The van der Waals surface area contributed by atoms with E-state index in [-0.39, 0.29) is 5.91 Å². The Kier molecular flexibility index (Phi) is 4.16. The Balaban J connectivity index is 3.24. The minimum absolute atomic E-state index is 0.322.